The van der Waals surface area contributed by atoms with Gasteiger partial charge in [-0.15, -0.1) is 0 Å². The highest BCUT2D eigenvalue weighted by Gasteiger charge is 2.34. The summed E-state index contributed by atoms with van der Waals surface area (Å²) in [6.07, 6.45) is 1.52. The van der Waals surface area contributed by atoms with Crippen molar-refractivity contribution in [3.63, 3.8) is 0 Å². The zero-order valence-electron chi connectivity index (χ0n) is 16.4. The molecule has 6 nitrogen and oxygen atoms in total. The molecule has 7 heteroatoms. The van der Waals surface area contributed by atoms with Gasteiger partial charge in [0.1, 0.15) is 5.60 Å². The number of hydrogen-bond donors (Lipinski definition) is 0. The SMILES string of the molecule is CCOP(=O)(OCC)c1ccc(C2CCCN2C(=O)OC(C)(C)C)cc1. The van der Waals surface area contributed by atoms with Gasteiger partial charge in [-0.25, -0.2) is 4.79 Å². The minimum Gasteiger partial charge on any atom is -0.444 e. The van der Waals surface area contributed by atoms with Crippen LogP contribution in [0.5, 0.6) is 0 Å². The number of rotatable bonds is 6. The Hall–Kier alpha value is -1.36. The third-order valence-electron chi connectivity index (χ3n) is 4.07. The van der Waals surface area contributed by atoms with Crippen LogP contribution in [0.4, 0.5) is 4.79 Å². The first-order chi connectivity index (χ1) is 12.2. The molecule has 0 radical (unpaired) electrons. The Labute approximate surface area is 156 Å². The van der Waals surface area contributed by atoms with Crippen molar-refractivity contribution in [1.82, 2.24) is 4.90 Å². The van der Waals surface area contributed by atoms with Gasteiger partial charge in [0.15, 0.2) is 0 Å². The summed E-state index contributed by atoms with van der Waals surface area (Å²) in [7, 11) is -3.29. The highest BCUT2D eigenvalue weighted by atomic mass is 31.2. The van der Waals surface area contributed by atoms with Gasteiger partial charge in [0.05, 0.1) is 24.6 Å². The van der Waals surface area contributed by atoms with Crippen LogP contribution in [0.25, 0.3) is 0 Å². The fourth-order valence-corrected chi connectivity index (χ4v) is 4.62. The zero-order valence-corrected chi connectivity index (χ0v) is 17.3. The second-order valence-electron chi connectivity index (χ2n) is 7.26. The van der Waals surface area contributed by atoms with Crippen LogP contribution < -0.4 is 5.30 Å². The number of ether oxygens (including phenoxy) is 1. The molecule has 2 rings (SSSR count). The molecule has 1 atom stereocenters. The Morgan fingerprint density at radius 3 is 2.23 bits per heavy atom. The molecule has 1 amide bonds. The number of carbonyl (C=O) groups excluding carboxylic acids is 1. The maximum Gasteiger partial charge on any atom is 0.410 e. The van der Waals surface area contributed by atoms with Crippen molar-refractivity contribution >= 4 is 19.0 Å². The molecule has 0 aromatic heterocycles. The quantitative estimate of drug-likeness (QED) is 0.669. The molecule has 1 heterocycles. The molecule has 1 unspecified atom stereocenters. The minimum absolute atomic E-state index is 0.0301. The zero-order chi connectivity index (χ0) is 19.4. The number of carbonyl (C=O) groups is 1. The van der Waals surface area contributed by atoms with E-state index in [9.17, 15) is 9.36 Å². The Kier molecular flexibility index (Phi) is 6.89. The smallest absolute Gasteiger partial charge is 0.410 e. The highest BCUT2D eigenvalue weighted by Crippen LogP contribution is 2.47. The molecule has 1 aromatic carbocycles. The predicted octanol–water partition coefficient (Wildman–Crippen LogP) is 4.65. The van der Waals surface area contributed by atoms with Crippen LogP contribution in [0.2, 0.25) is 0 Å². The molecule has 1 aromatic rings. The van der Waals surface area contributed by atoms with Crippen LogP contribution in [0.3, 0.4) is 0 Å². The van der Waals surface area contributed by atoms with Crippen LogP contribution >= 0.6 is 7.60 Å². The summed E-state index contributed by atoms with van der Waals surface area (Å²) in [5.74, 6) is 0. The molecule has 0 aliphatic carbocycles. The molecule has 146 valence electrons. The standard InChI is InChI=1S/C19H30NO5P/c1-6-23-26(22,24-7-2)16-12-10-15(11-13-16)17-9-8-14-20(17)18(21)25-19(3,4)5/h10-13,17H,6-9,14H2,1-5H3. The highest BCUT2D eigenvalue weighted by molar-refractivity contribution is 7.62. The average Bonchev–Trinajstić information content (AvgIpc) is 3.03. The lowest BCUT2D eigenvalue weighted by molar-refractivity contribution is 0.0224. The lowest BCUT2D eigenvalue weighted by Gasteiger charge is -2.29. The van der Waals surface area contributed by atoms with Crippen molar-refractivity contribution in [2.45, 2.75) is 59.1 Å². The monoisotopic (exact) mass is 383 g/mol. The minimum atomic E-state index is -3.29. The largest absolute Gasteiger partial charge is 0.444 e. The van der Waals surface area contributed by atoms with E-state index in [-0.39, 0.29) is 12.1 Å². The summed E-state index contributed by atoms with van der Waals surface area (Å²) in [6, 6.07) is 7.30. The predicted molar refractivity (Wildman–Crippen MR) is 102 cm³/mol. The van der Waals surface area contributed by atoms with Crippen molar-refractivity contribution in [2.75, 3.05) is 19.8 Å². The van der Waals surface area contributed by atoms with Gasteiger partial charge in [0.2, 0.25) is 0 Å². The molecule has 0 N–H and O–H groups in total. The third kappa shape index (κ3) is 5.09. The van der Waals surface area contributed by atoms with E-state index >= 15 is 0 Å². The Morgan fingerprint density at radius 2 is 1.73 bits per heavy atom. The Morgan fingerprint density at radius 1 is 1.15 bits per heavy atom. The first kappa shape index (κ1) is 20.9. The fourth-order valence-electron chi connectivity index (χ4n) is 3.06. The van der Waals surface area contributed by atoms with Crippen LogP contribution in [0.1, 0.15) is 59.1 Å². The fraction of sp³-hybridized carbons (Fsp3) is 0.632. The maximum atomic E-state index is 12.8. The van der Waals surface area contributed by atoms with Crippen LogP contribution in [-0.4, -0.2) is 36.4 Å². The van der Waals surface area contributed by atoms with Crippen molar-refractivity contribution in [1.29, 1.82) is 0 Å². The van der Waals surface area contributed by atoms with Gasteiger partial charge >= 0.3 is 13.7 Å². The lowest BCUT2D eigenvalue weighted by Crippen LogP contribution is -2.36. The Balaban J connectivity index is 2.18. The summed E-state index contributed by atoms with van der Waals surface area (Å²) in [4.78, 5) is 14.2. The lowest BCUT2D eigenvalue weighted by atomic mass is 10.1. The van der Waals surface area contributed by atoms with E-state index in [1.54, 1.807) is 30.9 Å². The molecule has 0 bridgehead atoms. The third-order valence-corrected chi connectivity index (χ3v) is 6.20. The van der Waals surface area contributed by atoms with E-state index in [1.165, 1.54) is 0 Å². The topological polar surface area (TPSA) is 65.1 Å². The van der Waals surface area contributed by atoms with E-state index in [2.05, 4.69) is 0 Å². The maximum absolute atomic E-state index is 12.8. The van der Waals surface area contributed by atoms with Gasteiger partial charge in [-0.2, -0.15) is 0 Å². The van der Waals surface area contributed by atoms with Gasteiger partial charge in [-0.3, -0.25) is 4.57 Å². The second-order valence-corrected chi connectivity index (χ2v) is 9.28. The van der Waals surface area contributed by atoms with Crippen LogP contribution in [0.15, 0.2) is 24.3 Å². The van der Waals surface area contributed by atoms with Crippen molar-refractivity contribution in [3.8, 4) is 0 Å². The number of likely N-dealkylation sites (tertiary alicyclic amines) is 1. The van der Waals surface area contributed by atoms with Crippen molar-refractivity contribution < 1.29 is 23.1 Å². The molecular formula is C19H30NO5P. The van der Waals surface area contributed by atoms with Crippen molar-refractivity contribution in [3.05, 3.63) is 29.8 Å². The molecule has 1 aliphatic heterocycles. The van der Waals surface area contributed by atoms with Crippen molar-refractivity contribution in [2.24, 2.45) is 0 Å². The summed E-state index contributed by atoms with van der Waals surface area (Å²) >= 11 is 0. The normalized spacial score (nSPS) is 18.2. The van der Waals surface area contributed by atoms with Crippen LogP contribution in [0, 0.1) is 0 Å². The molecule has 1 fully saturated rings. The summed E-state index contributed by atoms with van der Waals surface area (Å²) in [5.41, 5.74) is 0.479. The van der Waals surface area contributed by atoms with E-state index in [4.69, 9.17) is 13.8 Å². The number of benzene rings is 1. The van der Waals surface area contributed by atoms with Gasteiger partial charge in [-0.05, 0) is 65.2 Å². The van der Waals surface area contributed by atoms with Gasteiger partial charge < -0.3 is 18.7 Å². The summed E-state index contributed by atoms with van der Waals surface area (Å²) in [6.45, 7) is 10.5. The number of amides is 1. The molecule has 1 aliphatic rings. The first-order valence-corrected chi connectivity index (χ1v) is 10.7. The second kappa shape index (κ2) is 8.55. The number of hydrogen-bond acceptors (Lipinski definition) is 5. The van der Waals surface area contributed by atoms with E-state index in [0.717, 1.165) is 18.4 Å². The molecular weight excluding hydrogens is 353 g/mol. The molecule has 0 saturated carbocycles. The van der Waals surface area contributed by atoms with Crippen LogP contribution in [-0.2, 0) is 18.3 Å². The summed E-state index contributed by atoms with van der Waals surface area (Å²) < 4.78 is 29.1. The van der Waals surface area contributed by atoms with Gasteiger partial charge in [-0.1, -0.05) is 12.1 Å². The van der Waals surface area contributed by atoms with Gasteiger partial charge in [0, 0.05) is 6.54 Å². The van der Waals surface area contributed by atoms with E-state index in [0.29, 0.717) is 25.1 Å². The Bertz CT molecular complexity index is 643. The van der Waals surface area contributed by atoms with E-state index < -0.39 is 13.2 Å². The van der Waals surface area contributed by atoms with E-state index in [1.807, 2.05) is 32.9 Å². The average molecular weight is 383 g/mol. The first-order valence-electron chi connectivity index (χ1n) is 9.19. The molecule has 0 spiro atoms. The number of nitrogens with zero attached hydrogens (tertiary/aromatic N) is 1. The summed E-state index contributed by atoms with van der Waals surface area (Å²) in [5, 5.41) is 0.534. The molecule has 26 heavy (non-hydrogen) atoms. The van der Waals surface area contributed by atoms with Gasteiger partial charge in [0.25, 0.3) is 0 Å². The molecule has 1 saturated heterocycles.